The summed E-state index contributed by atoms with van der Waals surface area (Å²) in [7, 11) is 2.20. The quantitative estimate of drug-likeness (QED) is 0.691. The van der Waals surface area contributed by atoms with Crippen LogP contribution in [0.5, 0.6) is 0 Å². The molecule has 1 saturated heterocycles. The van der Waals surface area contributed by atoms with Crippen LogP contribution < -0.4 is 5.32 Å². The first kappa shape index (κ1) is 8.44. The minimum atomic E-state index is 0.551. The van der Waals surface area contributed by atoms with Gasteiger partial charge in [-0.15, -0.1) is 0 Å². The smallest absolute Gasteiger partial charge is 0.0841 e. The third kappa shape index (κ3) is 1.11. The molecule has 14 heavy (non-hydrogen) atoms. The van der Waals surface area contributed by atoms with Crippen LogP contribution in [0.15, 0.2) is 0 Å². The molecule has 0 radical (unpaired) electrons. The number of nitrogens with one attached hydrogen (secondary N) is 2. The van der Waals surface area contributed by atoms with Crippen LogP contribution in [0.4, 0.5) is 0 Å². The Kier molecular flexibility index (Phi) is 1.85. The molecular formula is C10H16N4. The van der Waals surface area contributed by atoms with Crippen LogP contribution in [0.25, 0.3) is 0 Å². The zero-order valence-corrected chi connectivity index (χ0v) is 8.51. The maximum Gasteiger partial charge on any atom is 0.0841 e. The van der Waals surface area contributed by atoms with Gasteiger partial charge in [-0.2, -0.15) is 5.10 Å². The monoisotopic (exact) mass is 192 g/mol. The molecule has 76 valence electrons. The summed E-state index contributed by atoms with van der Waals surface area (Å²) in [5.74, 6) is 0. The van der Waals surface area contributed by atoms with Gasteiger partial charge in [0.2, 0.25) is 0 Å². The van der Waals surface area contributed by atoms with Gasteiger partial charge < -0.3 is 5.32 Å². The Morgan fingerprint density at radius 3 is 3.14 bits per heavy atom. The van der Waals surface area contributed by atoms with Gasteiger partial charge >= 0.3 is 0 Å². The van der Waals surface area contributed by atoms with Crippen molar-refractivity contribution >= 4 is 0 Å². The molecule has 0 aromatic carbocycles. The molecule has 0 bridgehead atoms. The lowest BCUT2D eigenvalue weighted by molar-refractivity contribution is 0.310. The van der Waals surface area contributed by atoms with Gasteiger partial charge in [0.25, 0.3) is 0 Å². The number of aromatic nitrogens is 2. The molecule has 3 rings (SSSR count). The fourth-order valence-electron chi connectivity index (χ4n) is 2.60. The van der Waals surface area contributed by atoms with E-state index in [0.29, 0.717) is 6.04 Å². The first-order valence-electron chi connectivity index (χ1n) is 5.33. The van der Waals surface area contributed by atoms with Gasteiger partial charge in [0.05, 0.1) is 17.4 Å². The van der Waals surface area contributed by atoms with Gasteiger partial charge in [-0.25, -0.2) is 0 Å². The topological polar surface area (TPSA) is 44.0 Å². The average molecular weight is 192 g/mol. The van der Waals surface area contributed by atoms with Crippen molar-refractivity contribution in [3.8, 4) is 0 Å². The first-order valence-corrected chi connectivity index (χ1v) is 5.33. The van der Waals surface area contributed by atoms with Crippen molar-refractivity contribution in [3.05, 3.63) is 17.0 Å². The van der Waals surface area contributed by atoms with E-state index in [2.05, 4.69) is 27.5 Å². The Balaban J connectivity index is 1.96. The van der Waals surface area contributed by atoms with Crippen molar-refractivity contribution in [2.75, 3.05) is 13.6 Å². The summed E-state index contributed by atoms with van der Waals surface area (Å²) in [5.41, 5.74) is 3.99. The molecule has 4 heteroatoms. The summed E-state index contributed by atoms with van der Waals surface area (Å²) in [6.45, 7) is 3.16. The van der Waals surface area contributed by atoms with Gasteiger partial charge in [-0.05, 0) is 26.4 Å². The van der Waals surface area contributed by atoms with Gasteiger partial charge in [-0.3, -0.25) is 10.00 Å². The van der Waals surface area contributed by atoms with Crippen molar-refractivity contribution < 1.29 is 0 Å². The second kappa shape index (κ2) is 3.07. The van der Waals surface area contributed by atoms with E-state index in [1.165, 1.54) is 36.3 Å². The maximum atomic E-state index is 4.46. The minimum absolute atomic E-state index is 0.551. The Hall–Kier alpha value is -0.870. The van der Waals surface area contributed by atoms with Crippen molar-refractivity contribution in [2.45, 2.75) is 32.0 Å². The second-order valence-electron chi connectivity index (χ2n) is 4.31. The average Bonchev–Trinajstić information content (AvgIpc) is 2.78. The summed E-state index contributed by atoms with van der Waals surface area (Å²) in [5, 5.41) is 11.0. The van der Waals surface area contributed by atoms with Crippen LogP contribution in [0.1, 0.15) is 35.8 Å². The molecule has 4 nitrogen and oxygen atoms in total. The lowest BCUT2D eigenvalue weighted by Crippen LogP contribution is -2.19. The summed E-state index contributed by atoms with van der Waals surface area (Å²) in [4.78, 5) is 2.41. The molecule has 3 heterocycles. The molecule has 1 unspecified atom stereocenters. The largest absolute Gasteiger partial charge is 0.307 e. The highest BCUT2D eigenvalue weighted by Gasteiger charge is 2.29. The van der Waals surface area contributed by atoms with E-state index in [4.69, 9.17) is 0 Å². The lowest BCUT2D eigenvalue weighted by Gasteiger charge is -2.18. The molecule has 1 fully saturated rings. The second-order valence-corrected chi connectivity index (χ2v) is 4.31. The van der Waals surface area contributed by atoms with E-state index in [1.54, 1.807) is 0 Å². The molecule has 1 atom stereocenters. The Morgan fingerprint density at radius 1 is 1.43 bits per heavy atom. The zero-order valence-electron chi connectivity index (χ0n) is 8.51. The highest BCUT2D eigenvalue weighted by Crippen LogP contribution is 2.33. The normalized spacial score (nSPS) is 27.1. The SMILES string of the molecule is CN1CCCC1c1n[nH]c2c1CNC2. The number of nitrogens with zero attached hydrogens (tertiary/aromatic N) is 2. The molecule has 0 aliphatic carbocycles. The fraction of sp³-hybridized carbons (Fsp3) is 0.700. The van der Waals surface area contributed by atoms with Crippen molar-refractivity contribution in [1.82, 2.24) is 20.4 Å². The molecule has 2 aliphatic heterocycles. The number of rotatable bonds is 1. The molecule has 2 aliphatic rings. The highest BCUT2D eigenvalue weighted by molar-refractivity contribution is 5.31. The predicted molar refractivity (Wildman–Crippen MR) is 53.7 cm³/mol. The van der Waals surface area contributed by atoms with Gasteiger partial charge in [0, 0.05) is 18.7 Å². The van der Waals surface area contributed by atoms with Crippen LogP contribution in [-0.2, 0) is 13.1 Å². The number of hydrogen-bond acceptors (Lipinski definition) is 3. The molecule has 0 amide bonds. The third-order valence-electron chi connectivity index (χ3n) is 3.42. The van der Waals surface area contributed by atoms with E-state index in [0.717, 1.165) is 13.1 Å². The molecule has 1 aromatic rings. The standard InChI is InChI=1S/C10H16N4/c1-14-4-2-3-9(14)10-7-5-11-6-8(7)12-13-10/h9,11H,2-6H2,1H3,(H,12,13). The van der Waals surface area contributed by atoms with E-state index < -0.39 is 0 Å². The maximum absolute atomic E-state index is 4.46. The molecule has 1 aromatic heterocycles. The van der Waals surface area contributed by atoms with E-state index in [1.807, 2.05) is 0 Å². The number of fused-ring (bicyclic) bond motifs is 1. The van der Waals surface area contributed by atoms with Crippen LogP contribution in [-0.4, -0.2) is 28.7 Å². The summed E-state index contributed by atoms with van der Waals surface area (Å²) < 4.78 is 0. The number of likely N-dealkylation sites (tertiary alicyclic amines) is 1. The van der Waals surface area contributed by atoms with Gasteiger partial charge in [0.15, 0.2) is 0 Å². The van der Waals surface area contributed by atoms with Crippen LogP contribution in [0, 0.1) is 0 Å². The van der Waals surface area contributed by atoms with E-state index in [9.17, 15) is 0 Å². The molecule has 0 spiro atoms. The minimum Gasteiger partial charge on any atom is -0.307 e. The summed E-state index contributed by atoms with van der Waals surface area (Å²) in [6.07, 6.45) is 2.56. The molecule has 0 saturated carbocycles. The van der Waals surface area contributed by atoms with Crippen molar-refractivity contribution in [1.29, 1.82) is 0 Å². The highest BCUT2D eigenvalue weighted by atomic mass is 15.2. The van der Waals surface area contributed by atoms with Crippen LogP contribution in [0.3, 0.4) is 0 Å². The predicted octanol–water partition coefficient (Wildman–Crippen LogP) is 0.780. The number of H-pyrrole nitrogens is 1. The van der Waals surface area contributed by atoms with Crippen molar-refractivity contribution in [2.24, 2.45) is 0 Å². The number of aromatic amines is 1. The van der Waals surface area contributed by atoms with Crippen LogP contribution in [0.2, 0.25) is 0 Å². The van der Waals surface area contributed by atoms with Gasteiger partial charge in [0.1, 0.15) is 0 Å². The summed E-state index contributed by atoms with van der Waals surface area (Å²) in [6, 6.07) is 0.551. The summed E-state index contributed by atoms with van der Waals surface area (Å²) >= 11 is 0. The third-order valence-corrected chi connectivity index (χ3v) is 3.42. The van der Waals surface area contributed by atoms with E-state index in [-0.39, 0.29) is 0 Å². The van der Waals surface area contributed by atoms with E-state index >= 15 is 0 Å². The zero-order chi connectivity index (χ0) is 9.54. The molecule has 2 N–H and O–H groups in total. The first-order chi connectivity index (χ1) is 6.86. The number of hydrogen-bond donors (Lipinski definition) is 2. The Bertz CT molecular complexity index is 344. The Labute approximate surface area is 83.7 Å². The lowest BCUT2D eigenvalue weighted by atomic mass is 10.1. The molecular weight excluding hydrogens is 176 g/mol. The van der Waals surface area contributed by atoms with Crippen LogP contribution >= 0.6 is 0 Å². The Morgan fingerprint density at radius 2 is 2.36 bits per heavy atom. The fourth-order valence-corrected chi connectivity index (χ4v) is 2.60. The van der Waals surface area contributed by atoms with Gasteiger partial charge in [-0.1, -0.05) is 0 Å². The van der Waals surface area contributed by atoms with Crippen molar-refractivity contribution in [3.63, 3.8) is 0 Å².